The number of nitrogens with zero attached hydrogens (tertiary/aromatic N) is 4. The fourth-order valence-corrected chi connectivity index (χ4v) is 1.90. The van der Waals surface area contributed by atoms with Crippen molar-refractivity contribution in [1.29, 1.82) is 0 Å². The monoisotopic (exact) mass is 283 g/mol. The van der Waals surface area contributed by atoms with E-state index in [1.807, 2.05) is 28.6 Å². The SMILES string of the molecule is CCn1nccc1CNc1cn(C(C)C)nc1C.Cl. The molecule has 2 heterocycles. The predicted octanol–water partition coefficient (Wildman–Crippen LogP) is 3.02. The highest BCUT2D eigenvalue weighted by Crippen LogP contribution is 2.16. The zero-order valence-electron chi connectivity index (χ0n) is 11.9. The summed E-state index contributed by atoms with van der Waals surface area (Å²) in [4.78, 5) is 0. The lowest BCUT2D eigenvalue weighted by Crippen LogP contribution is -2.08. The lowest BCUT2D eigenvalue weighted by atomic mass is 10.3. The molecule has 0 unspecified atom stereocenters. The molecule has 2 aromatic heterocycles. The van der Waals surface area contributed by atoms with E-state index in [0.717, 1.165) is 24.5 Å². The number of aromatic nitrogens is 4. The lowest BCUT2D eigenvalue weighted by molar-refractivity contribution is 0.529. The van der Waals surface area contributed by atoms with E-state index in [9.17, 15) is 0 Å². The molecule has 0 fully saturated rings. The van der Waals surface area contributed by atoms with Crippen molar-refractivity contribution in [2.45, 2.75) is 46.8 Å². The van der Waals surface area contributed by atoms with Crippen LogP contribution in [0.2, 0.25) is 0 Å². The summed E-state index contributed by atoms with van der Waals surface area (Å²) >= 11 is 0. The van der Waals surface area contributed by atoms with E-state index in [-0.39, 0.29) is 12.4 Å². The molecular formula is C13H22ClN5. The van der Waals surface area contributed by atoms with Gasteiger partial charge >= 0.3 is 0 Å². The molecule has 0 bridgehead atoms. The average Bonchev–Trinajstić information content (AvgIpc) is 2.92. The van der Waals surface area contributed by atoms with Crippen molar-refractivity contribution < 1.29 is 0 Å². The first-order valence-corrected chi connectivity index (χ1v) is 6.42. The molecule has 0 aliphatic carbocycles. The molecule has 0 aromatic carbocycles. The largest absolute Gasteiger partial charge is 0.377 e. The van der Waals surface area contributed by atoms with E-state index in [2.05, 4.69) is 42.5 Å². The number of rotatable bonds is 5. The summed E-state index contributed by atoms with van der Waals surface area (Å²) < 4.78 is 3.98. The Morgan fingerprint density at radius 1 is 1.37 bits per heavy atom. The van der Waals surface area contributed by atoms with Gasteiger partial charge in [-0.15, -0.1) is 12.4 Å². The van der Waals surface area contributed by atoms with Gasteiger partial charge in [0.1, 0.15) is 0 Å². The number of nitrogens with one attached hydrogen (secondary N) is 1. The highest BCUT2D eigenvalue weighted by molar-refractivity contribution is 5.85. The van der Waals surface area contributed by atoms with E-state index in [4.69, 9.17) is 0 Å². The van der Waals surface area contributed by atoms with Crippen LogP contribution in [-0.4, -0.2) is 19.6 Å². The summed E-state index contributed by atoms with van der Waals surface area (Å²) in [5.41, 5.74) is 3.31. The Morgan fingerprint density at radius 2 is 2.11 bits per heavy atom. The topological polar surface area (TPSA) is 47.7 Å². The molecular weight excluding hydrogens is 262 g/mol. The van der Waals surface area contributed by atoms with Gasteiger partial charge in [0.15, 0.2) is 0 Å². The fraction of sp³-hybridized carbons (Fsp3) is 0.538. The molecule has 6 heteroatoms. The van der Waals surface area contributed by atoms with Gasteiger partial charge < -0.3 is 5.32 Å². The molecule has 0 amide bonds. The first kappa shape index (κ1) is 15.6. The number of aryl methyl sites for hydroxylation is 2. The van der Waals surface area contributed by atoms with Gasteiger partial charge in [0.25, 0.3) is 0 Å². The molecule has 5 nitrogen and oxygen atoms in total. The molecule has 2 aromatic rings. The van der Waals surface area contributed by atoms with Crippen LogP contribution in [0, 0.1) is 6.92 Å². The second kappa shape index (κ2) is 6.61. The van der Waals surface area contributed by atoms with Crippen molar-refractivity contribution >= 4 is 18.1 Å². The van der Waals surface area contributed by atoms with Crippen molar-refractivity contribution in [3.63, 3.8) is 0 Å². The van der Waals surface area contributed by atoms with Crippen molar-refractivity contribution in [3.05, 3.63) is 29.8 Å². The summed E-state index contributed by atoms with van der Waals surface area (Å²) in [6.07, 6.45) is 3.90. The molecule has 0 spiro atoms. The summed E-state index contributed by atoms with van der Waals surface area (Å²) in [7, 11) is 0. The number of hydrogen-bond acceptors (Lipinski definition) is 3. The summed E-state index contributed by atoms with van der Waals surface area (Å²) in [6.45, 7) is 10.0. The van der Waals surface area contributed by atoms with E-state index in [0.29, 0.717) is 6.04 Å². The van der Waals surface area contributed by atoms with Crippen LogP contribution in [0.15, 0.2) is 18.5 Å². The van der Waals surface area contributed by atoms with Gasteiger partial charge in [-0.1, -0.05) is 0 Å². The van der Waals surface area contributed by atoms with Crippen LogP contribution in [0.3, 0.4) is 0 Å². The number of anilines is 1. The van der Waals surface area contributed by atoms with Crippen LogP contribution < -0.4 is 5.32 Å². The normalized spacial score (nSPS) is 10.6. The van der Waals surface area contributed by atoms with Gasteiger partial charge in [0, 0.05) is 25.0 Å². The maximum atomic E-state index is 4.48. The average molecular weight is 284 g/mol. The molecule has 106 valence electrons. The molecule has 0 saturated carbocycles. The van der Waals surface area contributed by atoms with E-state index < -0.39 is 0 Å². The van der Waals surface area contributed by atoms with Gasteiger partial charge in [-0.25, -0.2) is 0 Å². The molecule has 0 aliphatic heterocycles. The molecule has 0 saturated heterocycles. The highest BCUT2D eigenvalue weighted by Gasteiger charge is 2.07. The predicted molar refractivity (Wildman–Crippen MR) is 79.8 cm³/mol. The Balaban J connectivity index is 0.00000180. The number of hydrogen-bond donors (Lipinski definition) is 1. The third-order valence-corrected chi connectivity index (χ3v) is 3.01. The van der Waals surface area contributed by atoms with Gasteiger partial charge in [0.05, 0.1) is 23.6 Å². The van der Waals surface area contributed by atoms with Gasteiger partial charge in [-0.3, -0.25) is 9.36 Å². The van der Waals surface area contributed by atoms with E-state index in [1.165, 1.54) is 5.69 Å². The van der Waals surface area contributed by atoms with Crippen molar-refractivity contribution in [3.8, 4) is 0 Å². The third-order valence-electron chi connectivity index (χ3n) is 3.01. The van der Waals surface area contributed by atoms with E-state index >= 15 is 0 Å². The first-order chi connectivity index (χ1) is 8.61. The zero-order chi connectivity index (χ0) is 13.1. The van der Waals surface area contributed by atoms with Gasteiger partial charge in [-0.2, -0.15) is 10.2 Å². The molecule has 2 rings (SSSR count). The minimum atomic E-state index is 0. The lowest BCUT2D eigenvalue weighted by Gasteiger charge is -2.07. The summed E-state index contributed by atoms with van der Waals surface area (Å²) in [6, 6.07) is 2.43. The second-order valence-electron chi connectivity index (χ2n) is 4.69. The van der Waals surface area contributed by atoms with Crippen LogP contribution in [-0.2, 0) is 13.1 Å². The van der Waals surface area contributed by atoms with Crippen LogP contribution in [0.5, 0.6) is 0 Å². The second-order valence-corrected chi connectivity index (χ2v) is 4.69. The quantitative estimate of drug-likeness (QED) is 0.917. The Labute approximate surface area is 120 Å². The van der Waals surface area contributed by atoms with Crippen LogP contribution in [0.25, 0.3) is 0 Å². The van der Waals surface area contributed by atoms with Gasteiger partial charge in [-0.05, 0) is 33.8 Å². The third kappa shape index (κ3) is 3.50. The smallest absolute Gasteiger partial charge is 0.0825 e. The van der Waals surface area contributed by atoms with Crippen molar-refractivity contribution in [1.82, 2.24) is 19.6 Å². The minimum absolute atomic E-state index is 0. The molecule has 1 N–H and O–H groups in total. The van der Waals surface area contributed by atoms with Crippen molar-refractivity contribution in [2.75, 3.05) is 5.32 Å². The van der Waals surface area contributed by atoms with E-state index in [1.54, 1.807) is 0 Å². The Kier molecular flexibility index (Phi) is 5.42. The molecule has 0 atom stereocenters. The maximum absolute atomic E-state index is 4.48. The summed E-state index contributed by atoms with van der Waals surface area (Å²) in [5.74, 6) is 0. The Morgan fingerprint density at radius 3 is 2.68 bits per heavy atom. The first-order valence-electron chi connectivity index (χ1n) is 6.42. The Bertz CT molecular complexity index is 515. The van der Waals surface area contributed by atoms with Crippen LogP contribution >= 0.6 is 12.4 Å². The van der Waals surface area contributed by atoms with Crippen LogP contribution in [0.4, 0.5) is 5.69 Å². The fourth-order valence-electron chi connectivity index (χ4n) is 1.90. The summed E-state index contributed by atoms with van der Waals surface area (Å²) in [5, 5.41) is 12.2. The van der Waals surface area contributed by atoms with Crippen LogP contribution in [0.1, 0.15) is 38.2 Å². The molecule has 0 radical (unpaired) electrons. The Hall–Kier alpha value is -1.49. The maximum Gasteiger partial charge on any atom is 0.0825 e. The van der Waals surface area contributed by atoms with Gasteiger partial charge in [0.2, 0.25) is 0 Å². The minimum Gasteiger partial charge on any atom is -0.377 e. The highest BCUT2D eigenvalue weighted by atomic mass is 35.5. The molecule has 19 heavy (non-hydrogen) atoms. The number of halogens is 1. The zero-order valence-corrected chi connectivity index (χ0v) is 12.7. The van der Waals surface area contributed by atoms with Crippen molar-refractivity contribution in [2.24, 2.45) is 0 Å². The standard InChI is InChI=1S/C13H21N5.ClH/c1-5-17-12(6-7-15-17)8-14-13-9-18(10(2)3)16-11(13)4;/h6-7,9-10,14H,5,8H2,1-4H3;1H. The molecule has 0 aliphatic rings.